The molecule has 2 heterocycles. The van der Waals surface area contributed by atoms with Crippen molar-refractivity contribution in [2.75, 3.05) is 13.2 Å². The number of nitrogens with one attached hydrogen (secondary N) is 2. The van der Waals surface area contributed by atoms with Crippen molar-refractivity contribution in [1.82, 2.24) is 10.3 Å². The maximum absolute atomic E-state index is 11.9. The van der Waals surface area contributed by atoms with Gasteiger partial charge in [-0.15, -0.1) is 0 Å². The molecule has 104 valence electrons. The van der Waals surface area contributed by atoms with Crippen molar-refractivity contribution in [1.29, 1.82) is 0 Å². The lowest BCUT2D eigenvalue weighted by Crippen LogP contribution is -2.26. The van der Waals surface area contributed by atoms with E-state index in [1.807, 2.05) is 24.4 Å². The van der Waals surface area contributed by atoms with Gasteiger partial charge in [0.05, 0.1) is 18.4 Å². The third-order valence-corrected chi connectivity index (χ3v) is 4.33. The summed E-state index contributed by atoms with van der Waals surface area (Å²) >= 11 is 1.43. The first-order valence-electron chi connectivity index (χ1n) is 6.46. The predicted octanol–water partition coefficient (Wildman–Crippen LogP) is 1.29. The summed E-state index contributed by atoms with van der Waals surface area (Å²) in [6, 6.07) is 8.06. The lowest BCUT2D eigenvalue weighted by molar-refractivity contribution is -0.118. The van der Waals surface area contributed by atoms with Crippen LogP contribution in [0.15, 0.2) is 35.5 Å². The maximum Gasteiger partial charge on any atom is 0.239 e. The van der Waals surface area contributed by atoms with E-state index in [4.69, 9.17) is 5.11 Å². The lowest BCUT2D eigenvalue weighted by Gasteiger charge is -2.03. The first kappa shape index (κ1) is 13.2. The van der Waals surface area contributed by atoms with Gasteiger partial charge in [0.15, 0.2) is 5.17 Å². The monoisotopic (exact) mass is 289 g/mol. The topological polar surface area (TPSA) is 77.5 Å². The Balaban J connectivity index is 1.76. The minimum absolute atomic E-state index is 0.00690. The van der Waals surface area contributed by atoms with Crippen molar-refractivity contribution in [3.8, 4) is 0 Å². The quantitative estimate of drug-likeness (QED) is 0.793. The smallest absolute Gasteiger partial charge is 0.239 e. The highest BCUT2D eigenvalue weighted by atomic mass is 32.2. The molecule has 3 rings (SSSR count). The molecule has 3 N–H and O–H groups in total. The average molecular weight is 289 g/mol. The number of aliphatic hydroxyl groups is 1. The van der Waals surface area contributed by atoms with Gasteiger partial charge in [0, 0.05) is 17.1 Å². The van der Waals surface area contributed by atoms with Crippen LogP contribution in [0, 0.1) is 0 Å². The second kappa shape index (κ2) is 5.68. The number of thioether (sulfide) groups is 1. The van der Waals surface area contributed by atoms with Gasteiger partial charge in [-0.25, -0.2) is 0 Å². The maximum atomic E-state index is 11.9. The van der Waals surface area contributed by atoms with E-state index in [1.54, 1.807) is 0 Å². The van der Waals surface area contributed by atoms with Crippen LogP contribution < -0.4 is 5.32 Å². The Kier molecular flexibility index (Phi) is 3.75. The molecule has 6 heteroatoms. The van der Waals surface area contributed by atoms with E-state index in [2.05, 4.69) is 21.4 Å². The highest BCUT2D eigenvalue weighted by Gasteiger charge is 2.30. The molecule has 0 bridgehead atoms. The van der Waals surface area contributed by atoms with E-state index in [0.29, 0.717) is 18.1 Å². The summed E-state index contributed by atoms with van der Waals surface area (Å²) in [5.41, 5.74) is 2.22. The number of amidine groups is 1. The van der Waals surface area contributed by atoms with Crippen LogP contribution in [0.4, 0.5) is 0 Å². The van der Waals surface area contributed by atoms with Gasteiger partial charge in [-0.05, 0) is 18.1 Å². The molecule has 0 saturated carbocycles. The minimum Gasteiger partial charge on any atom is -0.394 e. The number of aromatic amines is 1. The Morgan fingerprint density at radius 2 is 2.20 bits per heavy atom. The number of H-pyrrole nitrogens is 1. The number of benzene rings is 1. The van der Waals surface area contributed by atoms with Gasteiger partial charge in [0.2, 0.25) is 5.91 Å². The number of hydrogen-bond acceptors (Lipinski definition) is 4. The SMILES string of the molecule is O=C1NC(=NCCO)SC1Cc1c[nH]c2ccccc12. The Morgan fingerprint density at radius 1 is 1.35 bits per heavy atom. The summed E-state index contributed by atoms with van der Waals surface area (Å²) in [5.74, 6) is -0.0167. The molecular weight excluding hydrogens is 274 g/mol. The summed E-state index contributed by atoms with van der Waals surface area (Å²) < 4.78 is 0. The first-order valence-corrected chi connectivity index (χ1v) is 7.33. The van der Waals surface area contributed by atoms with Crippen LogP contribution >= 0.6 is 11.8 Å². The lowest BCUT2D eigenvalue weighted by atomic mass is 10.1. The fraction of sp³-hybridized carbons (Fsp3) is 0.286. The molecule has 1 atom stereocenters. The van der Waals surface area contributed by atoms with E-state index in [0.717, 1.165) is 16.5 Å². The second-order valence-corrected chi connectivity index (χ2v) is 5.76. The fourth-order valence-corrected chi connectivity index (χ4v) is 3.29. The van der Waals surface area contributed by atoms with Gasteiger partial charge in [-0.1, -0.05) is 30.0 Å². The third kappa shape index (κ3) is 2.57. The fourth-order valence-electron chi connectivity index (χ4n) is 2.27. The molecule has 0 spiro atoms. The molecule has 20 heavy (non-hydrogen) atoms. The van der Waals surface area contributed by atoms with Crippen LogP contribution in [0.2, 0.25) is 0 Å². The molecule has 1 aliphatic rings. The highest BCUT2D eigenvalue weighted by Crippen LogP contribution is 2.26. The van der Waals surface area contributed by atoms with Gasteiger partial charge in [0.25, 0.3) is 0 Å². The largest absolute Gasteiger partial charge is 0.394 e. The van der Waals surface area contributed by atoms with Crippen molar-refractivity contribution < 1.29 is 9.90 Å². The van der Waals surface area contributed by atoms with E-state index >= 15 is 0 Å². The number of hydrogen-bond donors (Lipinski definition) is 3. The normalized spacial score (nSPS) is 20.8. The third-order valence-electron chi connectivity index (χ3n) is 3.21. The van der Waals surface area contributed by atoms with E-state index in [1.165, 1.54) is 11.8 Å². The molecule has 0 radical (unpaired) electrons. The molecular formula is C14H15N3O2S. The molecule has 0 aliphatic carbocycles. The summed E-state index contributed by atoms with van der Waals surface area (Å²) in [4.78, 5) is 19.3. The van der Waals surface area contributed by atoms with Crippen molar-refractivity contribution >= 4 is 33.7 Å². The number of aromatic nitrogens is 1. The van der Waals surface area contributed by atoms with Crippen LogP contribution in [-0.4, -0.2) is 39.6 Å². The Hall–Kier alpha value is -1.79. The zero-order valence-electron chi connectivity index (χ0n) is 10.8. The Labute approximate surface area is 120 Å². The van der Waals surface area contributed by atoms with E-state index in [9.17, 15) is 4.79 Å². The average Bonchev–Trinajstić information content (AvgIpc) is 3.02. The van der Waals surface area contributed by atoms with Crippen molar-refractivity contribution in [3.63, 3.8) is 0 Å². The molecule has 2 aromatic rings. The predicted molar refractivity (Wildman–Crippen MR) is 80.9 cm³/mol. The number of para-hydroxylation sites is 1. The number of carbonyl (C=O) groups is 1. The second-order valence-electron chi connectivity index (χ2n) is 4.57. The van der Waals surface area contributed by atoms with Gasteiger partial charge in [-0.2, -0.15) is 0 Å². The van der Waals surface area contributed by atoms with Crippen LogP contribution in [0.1, 0.15) is 5.56 Å². The Bertz CT molecular complexity index is 665. The minimum atomic E-state index is -0.161. The zero-order valence-corrected chi connectivity index (χ0v) is 11.6. The summed E-state index contributed by atoms with van der Waals surface area (Å²) in [5, 5.41) is 13.1. The Morgan fingerprint density at radius 3 is 3.05 bits per heavy atom. The zero-order chi connectivity index (χ0) is 13.9. The molecule has 1 amide bonds. The molecule has 1 fully saturated rings. The first-order chi connectivity index (χ1) is 9.78. The highest BCUT2D eigenvalue weighted by molar-refractivity contribution is 8.15. The van der Waals surface area contributed by atoms with Gasteiger partial charge < -0.3 is 15.4 Å². The van der Waals surface area contributed by atoms with Crippen LogP contribution in [0.25, 0.3) is 10.9 Å². The van der Waals surface area contributed by atoms with Crippen LogP contribution in [-0.2, 0) is 11.2 Å². The van der Waals surface area contributed by atoms with Crippen LogP contribution in [0.3, 0.4) is 0 Å². The van der Waals surface area contributed by atoms with E-state index < -0.39 is 0 Å². The molecule has 5 nitrogen and oxygen atoms in total. The number of aliphatic imine (C=N–C) groups is 1. The molecule has 1 saturated heterocycles. The van der Waals surface area contributed by atoms with Crippen molar-refractivity contribution in [2.24, 2.45) is 4.99 Å². The molecule has 1 aliphatic heterocycles. The van der Waals surface area contributed by atoms with Crippen molar-refractivity contribution in [3.05, 3.63) is 36.0 Å². The number of carbonyl (C=O) groups excluding carboxylic acids is 1. The molecule has 1 aromatic carbocycles. The number of amides is 1. The summed E-state index contributed by atoms with van der Waals surface area (Å²) in [6.07, 6.45) is 2.63. The summed E-state index contributed by atoms with van der Waals surface area (Å²) in [6.45, 7) is 0.315. The van der Waals surface area contributed by atoms with Gasteiger partial charge in [0.1, 0.15) is 0 Å². The standard InChI is InChI=1S/C14H15N3O2S/c18-6-5-15-14-17-13(19)12(20-14)7-9-8-16-11-4-2-1-3-10(9)11/h1-4,8,12,16,18H,5-7H2,(H,15,17,19). The van der Waals surface area contributed by atoms with Gasteiger partial charge >= 0.3 is 0 Å². The number of fused-ring (bicyclic) bond motifs is 1. The van der Waals surface area contributed by atoms with E-state index in [-0.39, 0.29) is 17.8 Å². The number of nitrogens with zero attached hydrogens (tertiary/aromatic N) is 1. The van der Waals surface area contributed by atoms with Gasteiger partial charge in [-0.3, -0.25) is 9.79 Å². The van der Waals surface area contributed by atoms with Crippen molar-refractivity contribution in [2.45, 2.75) is 11.7 Å². The number of rotatable bonds is 4. The molecule has 1 unspecified atom stereocenters. The molecule has 1 aromatic heterocycles. The van der Waals surface area contributed by atoms with Crippen LogP contribution in [0.5, 0.6) is 0 Å². The number of aliphatic hydroxyl groups excluding tert-OH is 1. The summed E-state index contributed by atoms with van der Waals surface area (Å²) in [7, 11) is 0.